The number of amides is 1. The van der Waals surface area contributed by atoms with E-state index in [4.69, 9.17) is 35.3 Å². The van der Waals surface area contributed by atoms with Crippen LogP contribution in [-0.4, -0.2) is 74.3 Å². The molecule has 3 aromatic rings. The summed E-state index contributed by atoms with van der Waals surface area (Å²) < 4.78 is 27.6. The van der Waals surface area contributed by atoms with Crippen LogP contribution in [0.2, 0.25) is 5.02 Å². The normalized spacial score (nSPS) is 18.6. The molecule has 2 N–H and O–H groups in total. The van der Waals surface area contributed by atoms with Gasteiger partial charge in [0.05, 0.1) is 39.4 Å². The molecule has 13 nitrogen and oxygen atoms in total. The molecule has 5 rings (SSSR count). The van der Waals surface area contributed by atoms with Crippen molar-refractivity contribution < 1.29 is 48.1 Å². The highest BCUT2D eigenvalue weighted by atomic mass is 35.5. The molecule has 2 aliphatic rings. The van der Waals surface area contributed by atoms with Crippen LogP contribution in [0.1, 0.15) is 47.2 Å². The number of rotatable bonds is 13. The molecule has 0 saturated carbocycles. The number of methoxy groups -OCH3 is 4. The number of nitro groups is 1. The van der Waals surface area contributed by atoms with E-state index in [0.717, 1.165) is 4.90 Å². The first-order chi connectivity index (χ1) is 24.4. The van der Waals surface area contributed by atoms with E-state index in [9.17, 15) is 29.6 Å². The lowest BCUT2D eigenvalue weighted by Gasteiger charge is -2.38. The van der Waals surface area contributed by atoms with Gasteiger partial charge < -0.3 is 34.1 Å². The first kappa shape index (κ1) is 37.3. The highest BCUT2D eigenvalue weighted by molar-refractivity contribution is 7.98. The van der Waals surface area contributed by atoms with Crippen molar-refractivity contribution in [1.29, 1.82) is 0 Å². The van der Waals surface area contributed by atoms with Crippen molar-refractivity contribution >= 4 is 46.5 Å². The van der Waals surface area contributed by atoms with Crippen molar-refractivity contribution in [1.82, 2.24) is 5.32 Å². The van der Waals surface area contributed by atoms with Gasteiger partial charge in [-0.1, -0.05) is 30.7 Å². The number of halogens is 1. The summed E-state index contributed by atoms with van der Waals surface area (Å²) >= 11 is 8.09. The summed E-state index contributed by atoms with van der Waals surface area (Å²) in [6.07, 6.45) is 1.50. The van der Waals surface area contributed by atoms with Crippen LogP contribution >= 0.6 is 23.4 Å². The minimum absolute atomic E-state index is 0.00160. The number of ether oxygens (including phenoxy) is 5. The number of aliphatic hydroxyl groups is 1. The van der Waals surface area contributed by atoms with Gasteiger partial charge >= 0.3 is 0 Å². The lowest BCUT2D eigenvalue weighted by molar-refractivity contribution is -0.385. The van der Waals surface area contributed by atoms with E-state index in [1.165, 1.54) is 58.4 Å². The zero-order valence-electron chi connectivity index (χ0n) is 28.8. The van der Waals surface area contributed by atoms with Crippen LogP contribution in [0, 0.1) is 16.0 Å². The van der Waals surface area contributed by atoms with Crippen molar-refractivity contribution in [3.8, 4) is 28.7 Å². The Hall–Kier alpha value is -4.95. The van der Waals surface area contributed by atoms with Gasteiger partial charge in [0.1, 0.15) is 22.1 Å². The summed E-state index contributed by atoms with van der Waals surface area (Å²) in [5.41, 5.74) is -1.53. The maximum atomic E-state index is 14.3. The van der Waals surface area contributed by atoms with Crippen LogP contribution in [-0.2, 0) is 16.0 Å². The summed E-state index contributed by atoms with van der Waals surface area (Å²) in [6, 6.07) is 11.4. The van der Waals surface area contributed by atoms with Crippen molar-refractivity contribution in [2.45, 2.75) is 42.6 Å². The van der Waals surface area contributed by atoms with Gasteiger partial charge in [0.25, 0.3) is 5.69 Å². The van der Waals surface area contributed by atoms with E-state index in [1.807, 2.05) is 18.4 Å². The minimum atomic E-state index is -2.03. The third kappa shape index (κ3) is 6.65. The summed E-state index contributed by atoms with van der Waals surface area (Å²) in [7, 11) is 5.54. The highest BCUT2D eigenvalue weighted by Crippen LogP contribution is 2.55. The number of nitrogens with zero attached hydrogens (tertiary/aromatic N) is 1. The monoisotopic (exact) mass is 740 g/mol. The van der Waals surface area contributed by atoms with Gasteiger partial charge in [-0.25, -0.2) is 0 Å². The Morgan fingerprint density at radius 3 is 2.27 bits per heavy atom. The lowest BCUT2D eigenvalue weighted by Crippen LogP contribution is -2.53. The molecule has 0 unspecified atom stereocenters. The Kier molecular flexibility index (Phi) is 11.1. The Balaban J connectivity index is 1.52. The first-order valence-electron chi connectivity index (χ1n) is 15.8. The fourth-order valence-corrected chi connectivity index (χ4v) is 7.31. The molecule has 0 aromatic heterocycles. The van der Waals surface area contributed by atoms with E-state index in [2.05, 4.69) is 5.32 Å². The second kappa shape index (κ2) is 15.1. The number of nitro benzene ring substituents is 1. The number of carbonyl (C=O) groups excluding carboxylic acids is 3. The second-order valence-electron chi connectivity index (χ2n) is 12.0. The molecule has 1 spiro atoms. The minimum Gasteiger partial charge on any atom is -0.507 e. The van der Waals surface area contributed by atoms with Crippen LogP contribution in [0.3, 0.4) is 0 Å². The van der Waals surface area contributed by atoms with E-state index in [1.54, 1.807) is 19.1 Å². The number of aliphatic hydroxyl groups excluding tert-OH is 1. The van der Waals surface area contributed by atoms with Crippen LogP contribution < -0.4 is 29.0 Å². The van der Waals surface area contributed by atoms with Crippen LogP contribution in [0.15, 0.2) is 58.7 Å². The van der Waals surface area contributed by atoms with Gasteiger partial charge in [-0.2, -0.15) is 0 Å². The first-order valence-corrected chi connectivity index (χ1v) is 17.4. The Bertz CT molecular complexity index is 1930. The van der Waals surface area contributed by atoms with Gasteiger partial charge in [0, 0.05) is 53.3 Å². The molecule has 1 amide bonds. The van der Waals surface area contributed by atoms with Gasteiger partial charge in [0.15, 0.2) is 28.8 Å². The number of Topliss-reactive ketones (excluding diaryl/α,β-unsaturated/α-hetero) is 2. The SMILES string of the molecule is COc1cc(CCNC(=O)C[C@@H](C2=C(O)[C@@]3(Oc4c(Cl)c(OC)cc(OC)c4C3=O)[C@H](C)CC2=O)c2ccc(SC)cc2)c([N+](=O)[O-])cc1OC. The largest absolute Gasteiger partial charge is 0.507 e. The predicted molar refractivity (Wildman–Crippen MR) is 189 cm³/mol. The summed E-state index contributed by atoms with van der Waals surface area (Å²) in [4.78, 5) is 54.0. The molecule has 270 valence electrons. The van der Waals surface area contributed by atoms with Crippen molar-refractivity contribution in [2.75, 3.05) is 41.2 Å². The predicted octanol–water partition coefficient (Wildman–Crippen LogP) is 6.27. The molecule has 0 radical (unpaired) electrons. The maximum absolute atomic E-state index is 14.3. The molecule has 1 aliphatic heterocycles. The summed E-state index contributed by atoms with van der Waals surface area (Å²) in [6.45, 7) is 1.62. The average molecular weight is 741 g/mol. The van der Waals surface area contributed by atoms with Gasteiger partial charge in [0.2, 0.25) is 17.3 Å². The zero-order valence-corrected chi connectivity index (χ0v) is 30.4. The third-order valence-corrected chi connectivity index (χ3v) is 10.4. The zero-order chi connectivity index (χ0) is 37.2. The quantitative estimate of drug-likeness (QED) is 0.114. The number of nitrogens with one attached hydrogen (secondary N) is 1. The Labute approximate surface area is 303 Å². The number of allylic oxidation sites excluding steroid dienone is 1. The van der Waals surface area contributed by atoms with Crippen LogP contribution in [0.4, 0.5) is 5.69 Å². The number of ketones is 2. The number of hydrogen-bond acceptors (Lipinski definition) is 12. The van der Waals surface area contributed by atoms with E-state index >= 15 is 0 Å². The molecule has 3 aromatic carbocycles. The molecular weight excluding hydrogens is 704 g/mol. The summed E-state index contributed by atoms with van der Waals surface area (Å²) in [5, 5.41) is 26.7. The Morgan fingerprint density at radius 1 is 1.06 bits per heavy atom. The lowest BCUT2D eigenvalue weighted by atomic mass is 9.69. The third-order valence-electron chi connectivity index (χ3n) is 9.27. The molecule has 1 aliphatic carbocycles. The fraction of sp³-hybridized carbons (Fsp3) is 0.361. The molecule has 51 heavy (non-hydrogen) atoms. The van der Waals surface area contributed by atoms with Gasteiger partial charge in [-0.05, 0) is 36.4 Å². The maximum Gasteiger partial charge on any atom is 0.276 e. The molecule has 15 heteroatoms. The fourth-order valence-electron chi connectivity index (χ4n) is 6.64. The second-order valence-corrected chi connectivity index (χ2v) is 13.2. The number of fused-ring (bicyclic) bond motifs is 1. The number of thioether (sulfide) groups is 1. The molecule has 0 bridgehead atoms. The average Bonchev–Trinajstić information content (AvgIpc) is 3.44. The van der Waals surface area contributed by atoms with Crippen LogP contribution in [0.25, 0.3) is 0 Å². The molecule has 0 fully saturated rings. The van der Waals surface area contributed by atoms with E-state index in [0.29, 0.717) is 16.9 Å². The van der Waals surface area contributed by atoms with E-state index < -0.39 is 45.6 Å². The Morgan fingerprint density at radius 2 is 1.69 bits per heavy atom. The van der Waals surface area contributed by atoms with Crippen LogP contribution in [0.5, 0.6) is 28.7 Å². The van der Waals surface area contributed by atoms with Crippen molar-refractivity contribution in [3.63, 3.8) is 0 Å². The van der Waals surface area contributed by atoms with Gasteiger partial charge in [-0.15, -0.1) is 11.8 Å². The molecule has 0 saturated heterocycles. The smallest absolute Gasteiger partial charge is 0.276 e. The summed E-state index contributed by atoms with van der Waals surface area (Å²) in [5.74, 6) is -3.31. The van der Waals surface area contributed by atoms with Crippen molar-refractivity contribution in [2.24, 2.45) is 5.92 Å². The number of benzene rings is 3. The van der Waals surface area contributed by atoms with E-state index in [-0.39, 0.29) is 70.7 Å². The highest BCUT2D eigenvalue weighted by Gasteiger charge is 2.61. The number of carbonyl (C=O) groups is 3. The number of hydrogen-bond donors (Lipinski definition) is 2. The topological polar surface area (TPSA) is 173 Å². The molecular formula is C36H37ClN2O11S. The van der Waals surface area contributed by atoms with Crippen molar-refractivity contribution in [3.05, 3.63) is 85.6 Å². The molecule has 3 atom stereocenters. The molecule has 1 heterocycles. The van der Waals surface area contributed by atoms with Gasteiger partial charge in [-0.3, -0.25) is 24.5 Å². The standard InChI is InChI=1S/C36H37ClN2O11S/c1-18-13-24(40)30(34(42)36(18)35(43)31-27(48-4)17-28(49-5)32(37)33(31)50-36)22(19-7-9-21(51-6)10-8-19)15-29(41)38-12-11-20-14-25(46-2)26(47-3)16-23(20)39(44)45/h7-10,14,16-18,22,42H,11-13,15H2,1-6H3,(H,38,41)/t18-,22-,36+/m1/s1.